The Bertz CT molecular complexity index is 427. The van der Waals surface area contributed by atoms with E-state index in [0.29, 0.717) is 0 Å². The quantitative estimate of drug-likeness (QED) is 0.725. The molecule has 1 aromatic heterocycles. The fraction of sp³-hybridized carbons (Fsp3) is 0.733. The van der Waals surface area contributed by atoms with Crippen LogP contribution >= 0.6 is 0 Å². The van der Waals surface area contributed by atoms with Gasteiger partial charge in [0.1, 0.15) is 5.82 Å². The molecule has 5 heteroatoms. The minimum Gasteiger partial charge on any atom is -0.368 e. The molecule has 0 aliphatic carbocycles. The largest absolute Gasteiger partial charge is 0.368 e. The minimum absolute atomic E-state index is 0.233. The lowest BCUT2D eigenvalue weighted by atomic mass is 9.94. The monoisotopic (exact) mass is 280 g/mol. The van der Waals surface area contributed by atoms with E-state index in [0.717, 1.165) is 38.1 Å². The van der Waals surface area contributed by atoms with E-state index in [2.05, 4.69) is 21.8 Å². The molecule has 0 aromatic carbocycles. The zero-order chi connectivity index (χ0) is 15.2. The number of amides is 1. The maximum Gasteiger partial charge on any atom is 0.237 e. The van der Waals surface area contributed by atoms with Crippen LogP contribution in [0.2, 0.25) is 0 Å². The number of rotatable bonds is 9. The van der Waals surface area contributed by atoms with E-state index >= 15 is 0 Å². The highest BCUT2D eigenvalue weighted by atomic mass is 16.1. The Labute approximate surface area is 122 Å². The van der Waals surface area contributed by atoms with Crippen LogP contribution in [0.3, 0.4) is 0 Å². The standard InChI is InChI=1S/C15H28N4O/c1-5-7-13-17-9-11-19(13)10-6-8-15(4,14(16)20)18-12(2)3/h9,11-12,18H,5-8,10H2,1-4H3,(H2,16,20). The van der Waals surface area contributed by atoms with Crippen LogP contribution in [0, 0.1) is 0 Å². The summed E-state index contributed by atoms with van der Waals surface area (Å²) >= 11 is 0. The van der Waals surface area contributed by atoms with Crippen molar-refractivity contribution < 1.29 is 4.79 Å². The van der Waals surface area contributed by atoms with E-state index < -0.39 is 5.54 Å². The number of imidazole rings is 1. The Morgan fingerprint density at radius 1 is 1.55 bits per heavy atom. The first-order valence-corrected chi connectivity index (χ1v) is 7.46. The van der Waals surface area contributed by atoms with Crippen molar-refractivity contribution in [2.24, 2.45) is 5.73 Å². The molecule has 0 aliphatic rings. The van der Waals surface area contributed by atoms with Gasteiger partial charge in [-0.3, -0.25) is 4.79 Å². The average Bonchev–Trinajstić information content (AvgIpc) is 2.76. The number of carbonyl (C=O) groups excluding carboxylic acids is 1. The molecule has 1 rings (SSSR count). The van der Waals surface area contributed by atoms with Crippen molar-refractivity contribution in [3.63, 3.8) is 0 Å². The maximum atomic E-state index is 11.7. The molecule has 1 aromatic rings. The first-order chi connectivity index (χ1) is 9.39. The Hall–Kier alpha value is -1.36. The number of hydrogen-bond acceptors (Lipinski definition) is 3. The fourth-order valence-corrected chi connectivity index (χ4v) is 2.50. The molecule has 1 unspecified atom stereocenters. The van der Waals surface area contributed by atoms with Crippen molar-refractivity contribution in [3.05, 3.63) is 18.2 Å². The normalized spacial score (nSPS) is 14.4. The molecule has 1 amide bonds. The van der Waals surface area contributed by atoms with Gasteiger partial charge in [-0.2, -0.15) is 0 Å². The lowest BCUT2D eigenvalue weighted by Crippen LogP contribution is -2.55. The fourth-order valence-electron chi connectivity index (χ4n) is 2.50. The van der Waals surface area contributed by atoms with E-state index in [-0.39, 0.29) is 11.9 Å². The number of hydrogen-bond donors (Lipinski definition) is 2. The van der Waals surface area contributed by atoms with Gasteiger partial charge >= 0.3 is 0 Å². The van der Waals surface area contributed by atoms with Gasteiger partial charge in [0.2, 0.25) is 5.91 Å². The van der Waals surface area contributed by atoms with Crippen LogP contribution in [-0.2, 0) is 17.8 Å². The van der Waals surface area contributed by atoms with E-state index in [4.69, 9.17) is 5.73 Å². The zero-order valence-electron chi connectivity index (χ0n) is 13.1. The zero-order valence-corrected chi connectivity index (χ0v) is 13.1. The topological polar surface area (TPSA) is 72.9 Å². The number of nitrogens with one attached hydrogen (secondary N) is 1. The molecule has 1 heterocycles. The predicted molar refractivity (Wildman–Crippen MR) is 81.3 cm³/mol. The minimum atomic E-state index is -0.639. The number of nitrogens with two attached hydrogens (primary N) is 1. The van der Waals surface area contributed by atoms with Crippen LogP contribution in [0.4, 0.5) is 0 Å². The molecule has 1 atom stereocenters. The van der Waals surface area contributed by atoms with Gasteiger partial charge in [-0.1, -0.05) is 6.92 Å². The van der Waals surface area contributed by atoms with Crippen molar-refractivity contribution in [1.82, 2.24) is 14.9 Å². The molecule has 0 bridgehead atoms. The maximum absolute atomic E-state index is 11.7. The second kappa shape index (κ2) is 7.43. The third kappa shape index (κ3) is 4.63. The van der Waals surface area contributed by atoms with Crippen LogP contribution in [0.15, 0.2) is 12.4 Å². The second-order valence-electron chi connectivity index (χ2n) is 5.89. The Kier molecular flexibility index (Phi) is 6.20. The molecule has 114 valence electrons. The Balaban J connectivity index is 2.56. The van der Waals surface area contributed by atoms with Gasteiger partial charge in [0.05, 0.1) is 5.54 Å². The van der Waals surface area contributed by atoms with Crippen molar-refractivity contribution in [2.45, 2.75) is 71.5 Å². The third-order valence-electron chi connectivity index (χ3n) is 3.50. The lowest BCUT2D eigenvalue weighted by Gasteiger charge is -2.30. The van der Waals surface area contributed by atoms with Crippen LogP contribution in [-0.4, -0.2) is 27.0 Å². The first-order valence-electron chi connectivity index (χ1n) is 7.46. The molecule has 0 saturated heterocycles. The summed E-state index contributed by atoms with van der Waals surface area (Å²) in [4.78, 5) is 16.0. The summed E-state index contributed by atoms with van der Waals surface area (Å²) in [6.45, 7) is 8.96. The summed E-state index contributed by atoms with van der Waals surface area (Å²) in [5.41, 5.74) is 4.90. The highest BCUT2D eigenvalue weighted by Crippen LogP contribution is 2.15. The molecule has 0 saturated carbocycles. The first kappa shape index (κ1) is 16.7. The molecule has 0 aliphatic heterocycles. The summed E-state index contributed by atoms with van der Waals surface area (Å²) in [6, 6.07) is 0.233. The number of nitrogens with zero attached hydrogens (tertiary/aromatic N) is 2. The molecule has 5 nitrogen and oxygen atoms in total. The van der Waals surface area contributed by atoms with Crippen LogP contribution in [0.25, 0.3) is 0 Å². The second-order valence-corrected chi connectivity index (χ2v) is 5.89. The Morgan fingerprint density at radius 2 is 2.25 bits per heavy atom. The van der Waals surface area contributed by atoms with Gasteiger partial charge in [0.15, 0.2) is 0 Å². The molecule has 0 spiro atoms. The van der Waals surface area contributed by atoms with E-state index in [1.807, 2.05) is 33.2 Å². The Morgan fingerprint density at radius 3 is 2.80 bits per heavy atom. The number of aryl methyl sites for hydroxylation is 2. The summed E-state index contributed by atoms with van der Waals surface area (Å²) in [5, 5.41) is 3.28. The molecular weight excluding hydrogens is 252 g/mol. The van der Waals surface area contributed by atoms with Crippen LogP contribution in [0.1, 0.15) is 52.8 Å². The number of aromatic nitrogens is 2. The smallest absolute Gasteiger partial charge is 0.237 e. The lowest BCUT2D eigenvalue weighted by molar-refractivity contribution is -0.124. The number of carbonyl (C=O) groups is 1. The van der Waals surface area contributed by atoms with Crippen LogP contribution in [0.5, 0.6) is 0 Å². The van der Waals surface area contributed by atoms with Crippen molar-refractivity contribution in [1.29, 1.82) is 0 Å². The van der Waals surface area contributed by atoms with Gasteiger partial charge in [0, 0.05) is 31.4 Å². The predicted octanol–water partition coefficient (Wildman–Crippen LogP) is 1.86. The van der Waals surface area contributed by atoms with Gasteiger partial charge in [0.25, 0.3) is 0 Å². The van der Waals surface area contributed by atoms with Gasteiger partial charge < -0.3 is 15.6 Å². The molecule has 0 radical (unpaired) electrons. The summed E-state index contributed by atoms with van der Waals surface area (Å²) in [5.74, 6) is 0.829. The van der Waals surface area contributed by atoms with Gasteiger partial charge in [-0.25, -0.2) is 4.98 Å². The van der Waals surface area contributed by atoms with E-state index in [1.54, 1.807) is 0 Å². The van der Waals surface area contributed by atoms with Crippen molar-refractivity contribution in [2.75, 3.05) is 0 Å². The molecule has 3 N–H and O–H groups in total. The van der Waals surface area contributed by atoms with E-state index in [9.17, 15) is 4.79 Å². The van der Waals surface area contributed by atoms with Crippen molar-refractivity contribution in [3.8, 4) is 0 Å². The SMILES string of the molecule is CCCc1nccn1CCCC(C)(NC(C)C)C(N)=O. The molecule has 20 heavy (non-hydrogen) atoms. The van der Waals surface area contributed by atoms with Gasteiger partial charge in [-0.15, -0.1) is 0 Å². The van der Waals surface area contributed by atoms with E-state index in [1.165, 1.54) is 0 Å². The highest BCUT2D eigenvalue weighted by molar-refractivity contribution is 5.84. The summed E-state index contributed by atoms with van der Waals surface area (Å²) < 4.78 is 2.17. The summed E-state index contributed by atoms with van der Waals surface area (Å²) in [7, 11) is 0. The molecular formula is C15H28N4O. The van der Waals surface area contributed by atoms with Gasteiger partial charge in [-0.05, 0) is 40.0 Å². The summed E-state index contributed by atoms with van der Waals surface area (Å²) in [6.07, 6.45) is 7.54. The van der Waals surface area contributed by atoms with Crippen LogP contribution < -0.4 is 11.1 Å². The highest BCUT2D eigenvalue weighted by Gasteiger charge is 2.30. The third-order valence-corrected chi connectivity index (χ3v) is 3.50. The van der Waals surface area contributed by atoms with Crippen molar-refractivity contribution >= 4 is 5.91 Å². The number of primary amides is 1. The average molecular weight is 280 g/mol. The molecule has 0 fully saturated rings.